The lowest BCUT2D eigenvalue weighted by Gasteiger charge is -2.48. The Labute approximate surface area is 120 Å². The van der Waals surface area contributed by atoms with Gasteiger partial charge in [0.15, 0.2) is 5.82 Å². The standard InChI is InChI=1S/C15H24N4O/c1-11-9-18-8-4-3-5-12(18)10-19(11)15-13(16)6-7-14(17-15)20-2/h6-7,11-12H,3-5,8-10,16H2,1-2H3. The number of hydrogen-bond acceptors (Lipinski definition) is 5. The third-order valence-electron chi connectivity index (χ3n) is 4.55. The van der Waals surface area contributed by atoms with Crippen LogP contribution in [0, 0.1) is 0 Å². The van der Waals surface area contributed by atoms with Crippen LogP contribution >= 0.6 is 0 Å². The zero-order chi connectivity index (χ0) is 14.1. The average molecular weight is 276 g/mol. The van der Waals surface area contributed by atoms with E-state index in [0.29, 0.717) is 18.0 Å². The number of piperidine rings is 1. The van der Waals surface area contributed by atoms with Gasteiger partial charge in [0.1, 0.15) is 0 Å². The topological polar surface area (TPSA) is 54.6 Å². The van der Waals surface area contributed by atoms with Gasteiger partial charge in [-0.25, -0.2) is 0 Å². The van der Waals surface area contributed by atoms with Crippen molar-refractivity contribution in [3.05, 3.63) is 12.1 Å². The molecule has 5 nitrogen and oxygen atoms in total. The van der Waals surface area contributed by atoms with Crippen LogP contribution in [0.2, 0.25) is 0 Å². The molecule has 3 rings (SSSR count). The number of ether oxygens (including phenoxy) is 1. The van der Waals surface area contributed by atoms with Gasteiger partial charge in [-0.2, -0.15) is 4.98 Å². The van der Waals surface area contributed by atoms with Crippen LogP contribution in [-0.4, -0.2) is 48.7 Å². The van der Waals surface area contributed by atoms with Crippen molar-refractivity contribution in [2.24, 2.45) is 0 Å². The van der Waals surface area contributed by atoms with Crippen molar-refractivity contribution in [1.29, 1.82) is 0 Å². The van der Waals surface area contributed by atoms with E-state index in [2.05, 4.69) is 21.7 Å². The van der Waals surface area contributed by atoms with E-state index in [1.54, 1.807) is 7.11 Å². The van der Waals surface area contributed by atoms with Crippen molar-refractivity contribution in [2.75, 3.05) is 37.4 Å². The maximum Gasteiger partial charge on any atom is 0.215 e. The predicted octanol–water partition coefficient (Wildman–Crippen LogP) is 1.74. The van der Waals surface area contributed by atoms with E-state index in [0.717, 1.165) is 24.6 Å². The molecule has 0 spiro atoms. The predicted molar refractivity (Wildman–Crippen MR) is 81.2 cm³/mol. The lowest BCUT2D eigenvalue weighted by molar-refractivity contribution is 0.115. The van der Waals surface area contributed by atoms with Gasteiger partial charge in [-0.1, -0.05) is 6.42 Å². The molecule has 3 heterocycles. The number of piperazine rings is 1. The van der Waals surface area contributed by atoms with Crippen molar-refractivity contribution in [3.8, 4) is 5.88 Å². The van der Waals surface area contributed by atoms with E-state index in [9.17, 15) is 0 Å². The summed E-state index contributed by atoms with van der Waals surface area (Å²) in [5.41, 5.74) is 6.87. The second kappa shape index (κ2) is 5.48. The number of nitrogens with zero attached hydrogens (tertiary/aromatic N) is 3. The fourth-order valence-electron chi connectivity index (χ4n) is 3.43. The minimum absolute atomic E-state index is 0.436. The number of hydrogen-bond donors (Lipinski definition) is 1. The number of pyridine rings is 1. The Bertz CT molecular complexity index is 479. The maximum atomic E-state index is 6.13. The number of nitrogen functional groups attached to an aromatic ring is 1. The molecular formula is C15H24N4O. The fourth-order valence-corrected chi connectivity index (χ4v) is 3.43. The van der Waals surface area contributed by atoms with E-state index >= 15 is 0 Å². The number of nitrogens with two attached hydrogens (primary N) is 1. The molecule has 0 aliphatic carbocycles. The highest BCUT2D eigenvalue weighted by atomic mass is 16.5. The summed E-state index contributed by atoms with van der Waals surface area (Å²) in [6.07, 6.45) is 3.96. The molecule has 2 atom stereocenters. The first kappa shape index (κ1) is 13.5. The van der Waals surface area contributed by atoms with Gasteiger partial charge >= 0.3 is 0 Å². The van der Waals surface area contributed by atoms with E-state index in [-0.39, 0.29) is 0 Å². The first-order valence-electron chi connectivity index (χ1n) is 7.50. The molecule has 0 radical (unpaired) electrons. The third kappa shape index (κ3) is 2.42. The van der Waals surface area contributed by atoms with Crippen LogP contribution in [-0.2, 0) is 0 Å². The normalized spacial score (nSPS) is 27.2. The van der Waals surface area contributed by atoms with E-state index in [1.807, 2.05) is 12.1 Å². The first-order chi connectivity index (χ1) is 9.69. The summed E-state index contributed by atoms with van der Waals surface area (Å²) < 4.78 is 5.24. The molecule has 1 aromatic rings. The number of fused-ring (bicyclic) bond motifs is 1. The summed E-state index contributed by atoms with van der Waals surface area (Å²) in [7, 11) is 1.64. The Hall–Kier alpha value is -1.49. The first-order valence-corrected chi connectivity index (χ1v) is 7.50. The van der Waals surface area contributed by atoms with Gasteiger partial charge in [0.05, 0.1) is 12.8 Å². The number of rotatable bonds is 2. The molecule has 2 unspecified atom stereocenters. The molecule has 2 saturated heterocycles. The zero-order valence-electron chi connectivity index (χ0n) is 12.4. The summed E-state index contributed by atoms with van der Waals surface area (Å²) in [5, 5.41) is 0. The van der Waals surface area contributed by atoms with Crippen molar-refractivity contribution in [1.82, 2.24) is 9.88 Å². The van der Waals surface area contributed by atoms with Crippen molar-refractivity contribution in [2.45, 2.75) is 38.3 Å². The van der Waals surface area contributed by atoms with Crippen molar-refractivity contribution >= 4 is 11.5 Å². The summed E-state index contributed by atoms with van der Waals surface area (Å²) in [6, 6.07) is 4.79. The largest absolute Gasteiger partial charge is 0.481 e. The number of anilines is 2. The Balaban J connectivity index is 1.85. The minimum atomic E-state index is 0.436. The SMILES string of the molecule is COc1ccc(N)c(N2CC3CCCCN3CC2C)n1. The maximum absolute atomic E-state index is 6.13. The molecule has 0 bridgehead atoms. The summed E-state index contributed by atoms with van der Waals surface area (Å²) in [4.78, 5) is 9.54. The Morgan fingerprint density at radius 2 is 2.15 bits per heavy atom. The Morgan fingerprint density at radius 1 is 1.30 bits per heavy atom. The lowest BCUT2D eigenvalue weighted by atomic mass is 9.97. The van der Waals surface area contributed by atoms with E-state index < -0.39 is 0 Å². The second-order valence-corrected chi connectivity index (χ2v) is 5.91. The minimum Gasteiger partial charge on any atom is -0.481 e. The van der Waals surface area contributed by atoms with Gasteiger partial charge in [0, 0.05) is 31.2 Å². The monoisotopic (exact) mass is 276 g/mol. The molecule has 110 valence electrons. The highest BCUT2D eigenvalue weighted by Crippen LogP contribution is 2.31. The van der Waals surface area contributed by atoms with Gasteiger partial charge in [0.2, 0.25) is 5.88 Å². The van der Waals surface area contributed by atoms with Crippen LogP contribution in [0.1, 0.15) is 26.2 Å². The number of methoxy groups -OCH3 is 1. The van der Waals surface area contributed by atoms with E-state index in [1.165, 1.54) is 25.8 Å². The second-order valence-electron chi connectivity index (χ2n) is 5.91. The Morgan fingerprint density at radius 3 is 2.95 bits per heavy atom. The molecule has 0 amide bonds. The zero-order valence-corrected chi connectivity index (χ0v) is 12.4. The summed E-state index contributed by atoms with van der Waals surface area (Å²) in [5.74, 6) is 1.51. The third-order valence-corrected chi connectivity index (χ3v) is 4.55. The van der Waals surface area contributed by atoms with Crippen LogP contribution in [0.4, 0.5) is 11.5 Å². The van der Waals surface area contributed by atoms with Crippen molar-refractivity contribution in [3.63, 3.8) is 0 Å². The van der Waals surface area contributed by atoms with Gasteiger partial charge < -0.3 is 15.4 Å². The average Bonchev–Trinajstić information content (AvgIpc) is 2.47. The molecule has 2 aliphatic rings. The molecule has 1 aromatic heterocycles. The molecule has 0 aromatic carbocycles. The van der Waals surface area contributed by atoms with E-state index in [4.69, 9.17) is 10.5 Å². The molecule has 20 heavy (non-hydrogen) atoms. The molecule has 2 fully saturated rings. The Kier molecular flexibility index (Phi) is 3.70. The highest BCUT2D eigenvalue weighted by molar-refractivity contribution is 5.64. The number of aromatic nitrogens is 1. The van der Waals surface area contributed by atoms with Crippen LogP contribution in [0.25, 0.3) is 0 Å². The highest BCUT2D eigenvalue weighted by Gasteiger charge is 2.34. The van der Waals surface area contributed by atoms with Gasteiger partial charge in [-0.05, 0) is 32.4 Å². The van der Waals surface area contributed by atoms with Crippen LogP contribution < -0.4 is 15.4 Å². The molecule has 2 aliphatic heterocycles. The molecule has 2 N–H and O–H groups in total. The van der Waals surface area contributed by atoms with Gasteiger partial charge in [-0.15, -0.1) is 0 Å². The van der Waals surface area contributed by atoms with Crippen molar-refractivity contribution < 1.29 is 4.74 Å². The van der Waals surface area contributed by atoms with Crippen LogP contribution in [0.5, 0.6) is 5.88 Å². The smallest absolute Gasteiger partial charge is 0.215 e. The lowest BCUT2D eigenvalue weighted by Crippen LogP contribution is -2.59. The molecule has 0 saturated carbocycles. The fraction of sp³-hybridized carbons (Fsp3) is 0.667. The van der Waals surface area contributed by atoms with Gasteiger partial charge in [0.25, 0.3) is 0 Å². The molecular weight excluding hydrogens is 252 g/mol. The van der Waals surface area contributed by atoms with Gasteiger partial charge in [-0.3, -0.25) is 4.90 Å². The molecule has 5 heteroatoms. The quantitative estimate of drug-likeness (QED) is 0.891. The van der Waals surface area contributed by atoms with Crippen LogP contribution in [0.3, 0.4) is 0 Å². The van der Waals surface area contributed by atoms with Crippen LogP contribution in [0.15, 0.2) is 12.1 Å². The summed E-state index contributed by atoms with van der Waals surface area (Å²) >= 11 is 0. The summed E-state index contributed by atoms with van der Waals surface area (Å²) in [6.45, 7) is 5.61.